The Morgan fingerprint density at radius 1 is 1.29 bits per heavy atom. The monoisotopic (exact) mass is 254 g/mol. The van der Waals surface area contributed by atoms with Crippen LogP contribution in [0.2, 0.25) is 0 Å². The zero-order valence-corrected chi connectivity index (χ0v) is 11.4. The lowest BCUT2D eigenvalue weighted by molar-refractivity contribution is -0.117. The number of carbonyl (C=O) groups is 1. The van der Waals surface area contributed by atoms with Gasteiger partial charge in [0.2, 0.25) is 5.91 Å². The van der Waals surface area contributed by atoms with E-state index in [1.165, 1.54) is 50.3 Å². The summed E-state index contributed by atoms with van der Waals surface area (Å²) in [5.74, 6) is -0.00294. The number of nitrogens with zero attached hydrogens (tertiary/aromatic N) is 1. The van der Waals surface area contributed by atoms with Crippen LogP contribution in [0.25, 0.3) is 0 Å². The zero-order valence-electron chi connectivity index (χ0n) is 10.6. The average molecular weight is 254 g/mol. The Morgan fingerprint density at radius 2 is 2.06 bits per heavy atom. The minimum absolute atomic E-state index is 0.00294. The van der Waals surface area contributed by atoms with Gasteiger partial charge < -0.3 is 5.32 Å². The molecule has 0 aliphatic carbocycles. The second kappa shape index (κ2) is 9.28. The van der Waals surface area contributed by atoms with Gasteiger partial charge in [0.1, 0.15) is 6.54 Å². The van der Waals surface area contributed by atoms with Crippen molar-refractivity contribution in [2.45, 2.75) is 51.9 Å². The molecule has 1 aliphatic rings. The lowest BCUT2D eigenvalue weighted by atomic mass is 10.1. The van der Waals surface area contributed by atoms with Crippen molar-refractivity contribution in [2.24, 2.45) is 4.99 Å². The molecule has 0 radical (unpaired) electrons. The molecule has 0 unspecified atom stereocenters. The van der Waals surface area contributed by atoms with Gasteiger partial charge in [0.05, 0.1) is 0 Å². The molecular formula is C13H22N2OS. The molecular weight excluding hydrogens is 232 g/mol. The Bertz CT molecular complexity index is 287. The molecule has 17 heavy (non-hydrogen) atoms. The first kappa shape index (κ1) is 14.3. The molecule has 0 aromatic carbocycles. The van der Waals surface area contributed by atoms with Crippen molar-refractivity contribution in [3.8, 4) is 0 Å². The summed E-state index contributed by atoms with van der Waals surface area (Å²) in [5, 5.41) is 5.46. The number of hydrogen-bond donors (Lipinski definition) is 1. The van der Waals surface area contributed by atoms with Gasteiger partial charge >= 0.3 is 0 Å². The molecule has 0 bridgehead atoms. The minimum Gasteiger partial charge on any atom is -0.304 e. The van der Waals surface area contributed by atoms with Gasteiger partial charge in [0.25, 0.3) is 0 Å². The number of allylic oxidation sites excluding steroid dienone is 1. The van der Waals surface area contributed by atoms with E-state index in [1.807, 2.05) is 5.41 Å². The summed E-state index contributed by atoms with van der Waals surface area (Å²) in [6, 6.07) is 0. The predicted molar refractivity (Wildman–Crippen MR) is 75.2 cm³/mol. The highest BCUT2D eigenvalue weighted by molar-refractivity contribution is 8.16. The van der Waals surface area contributed by atoms with E-state index in [1.54, 1.807) is 0 Å². The molecule has 0 atom stereocenters. The van der Waals surface area contributed by atoms with E-state index in [0.29, 0.717) is 0 Å². The Morgan fingerprint density at radius 3 is 2.76 bits per heavy atom. The molecule has 1 heterocycles. The number of amides is 1. The van der Waals surface area contributed by atoms with Gasteiger partial charge in [-0.25, -0.2) is 0 Å². The van der Waals surface area contributed by atoms with E-state index in [2.05, 4.69) is 23.3 Å². The normalized spacial score (nSPS) is 15.4. The number of unbranched alkanes of at least 4 members (excludes halogenated alkanes) is 6. The summed E-state index contributed by atoms with van der Waals surface area (Å²) in [6.45, 7) is 2.53. The Labute approximate surface area is 108 Å². The van der Waals surface area contributed by atoms with E-state index in [0.717, 1.165) is 11.6 Å². The number of carbonyl (C=O) groups excluding carboxylic acids is 1. The summed E-state index contributed by atoms with van der Waals surface area (Å²) >= 11 is 1.50. The number of thioether (sulfide) groups is 1. The first-order valence-electron chi connectivity index (χ1n) is 6.49. The smallest absolute Gasteiger partial charge is 0.247 e. The predicted octanol–water partition coefficient (Wildman–Crippen LogP) is 3.47. The van der Waals surface area contributed by atoms with Crippen LogP contribution >= 0.6 is 11.8 Å². The van der Waals surface area contributed by atoms with E-state index in [4.69, 9.17) is 0 Å². The van der Waals surface area contributed by atoms with E-state index >= 15 is 0 Å². The molecule has 96 valence electrons. The third-order valence-corrected chi connectivity index (χ3v) is 3.40. The summed E-state index contributed by atoms with van der Waals surface area (Å²) in [4.78, 5) is 14.9. The summed E-state index contributed by atoms with van der Waals surface area (Å²) < 4.78 is 0. The van der Waals surface area contributed by atoms with Crippen molar-refractivity contribution in [3.63, 3.8) is 0 Å². The Kier molecular flexibility index (Phi) is 7.80. The third-order valence-electron chi connectivity index (χ3n) is 2.61. The first-order chi connectivity index (χ1) is 8.33. The molecule has 0 saturated heterocycles. The maximum absolute atomic E-state index is 10.9. The topological polar surface area (TPSA) is 41.5 Å². The quantitative estimate of drug-likeness (QED) is 0.674. The number of rotatable bonds is 8. The van der Waals surface area contributed by atoms with Gasteiger partial charge in [0, 0.05) is 0 Å². The van der Waals surface area contributed by atoms with Crippen LogP contribution in [0.3, 0.4) is 0 Å². The minimum atomic E-state index is -0.00294. The van der Waals surface area contributed by atoms with E-state index in [9.17, 15) is 4.79 Å². The number of amidine groups is 1. The van der Waals surface area contributed by atoms with Crippen LogP contribution in [0.5, 0.6) is 0 Å². The van der Waals surface area contributed by atoms with E-state index in [-0.39, 0.29) is 12.5 Å². The first-order valence-corrected chi connectivity index (χ1v) is 7.37. The zero-order chi connectivity index (χ0) is 12.3. The van der Waals surface area contributed by atoms with Crippen molar-refractivity contribution < 1.29 is 4.79 Å². The largest absolute Gasteiger partial charge is 0.304 e. The molecule has 0 aromatic heterocycles. The Balaban J connectivity index is 1.90. The fourth-order valence-corrected chi connectivity index (χ4v) is 2.30. The fraction of sp³-hybridized carbons (Fsp3) is 0.692. The van der Waals surface area contributed by atoms with Gasteiger partial charge in [-0.15, -0.1) is 0 Å². The average Bonchev–Trinajstić information content (AvgIpc) is 2.73. The van der Waals surface area contributed by atoms with Crippen molar-refractivity contribution in [1.82, 2.24) is 5.32 Å². The van der Waals surface area contributed by atoms with Crippen molar-refractivity contribution in [2.75, 3.05) is 6.54 Å². The second-order valence-corrected chi connectivity index (χ2v) is 5.11. The number of hydrogen-bond acceptors (Lipinski definition) is 3. The van der Waals surface area contributed by atoms with E-state index < -0.39 is 0 Å². The van der Waals surface area contributed by atoms with Gasteiger partial charge in [-0.1, -0.05) is 56.9 Å². The lowest BCUT2D eigenvalue weighted by Crippen LogP contribution is -2.21. The van der Waals surface area contributed by atoms with Crippen LogP contribution in [0.15, 0.2) is 16.5 Å². The number of nitrogens with one attached hydrogen (secondary N) is 1. The molecule has 1 aliphatic heterocycles. The summed E-state index contributed by atoms with van der Waals surface area (Å²) in [5.41, 5.74) is 0. The molecule has 0 aromatic rings. The SMILES string of the molecule is CCCCCCCC/C=C\SC1=NCC(=O)N1. The summed E-state index contributed by atoms with van der Waals surface area (Å²) in [7, 11) is 0. The maximum Gasteiger partial charge on any atom is 0.247 e. The highest BCUT2D eigenvalue weighted by Gasteiger charge is 2.11. The summed E-state index contributed by atoms with van der Waals surface area (Å²) in [6.07, 6.45) is 11.3. The molecule has 4 heteroatoms. The van der Waals surface area contributed by atoms with Crippen LogP contribution in [0, 0.1) is 0 Å². The van der Waals surface area contributed by atoms with Gasteiger partial charge in [-0.2, -0.15) is 0 Å². The molecule has 0 fully saturated rings. The Hall–Kier alpha value is -0.770. The molecule has 0 saturated carbocycles. The molecule has 3 nitrogen and oxygen atoms in total. The van der Waals surface area contributed by atoms with Crippen molar-refractivity contribution >= 4 is 22.8 Å². The standard InChI is InChI=1S/C13H22N2OS/c1-2-3-4-5-6-7-8-9-10-17-13-14-11-12(16)15-13/h9-10H,2-8,11H2,1H3,(H,14,15,16)/b10-9-. The van der Waals surface area contributed by atoms with Crippen LogP contribution in [-0.2, 0) is 4.79 Å². The maximum atomic E-state index is 10.9. The highest BCUT2D eigenvalue weighted by atomic mass is 32.2. The van der Waals surface area contributed by atoms with Crippen molar-refractivity contribution in [1.29, 1.82) is 0 Å². The molecule has 1 N–H and O–H groups in total. The molecule has 1 rings (SSSR count). The third kappa shape index (κ3) is 7.21. The lowest BCUT2D eigenvalue weighted by Gasteiger charge is -1.97. The van der Waals surface area contributed by atoms with Crippen molar-refractivity contribution in [3.05, 3.63) is 11.5 Å². The highest BCUT2D eigenvalue weighted by Crippen LogP contribution is 2.10. The second-order valence-electron chi connectivity index (χ2n) is 4.22. The van der Waals surface area contributed by atoms with Crippen LogP contribution < -0.4 is 5.32 Å². The van der Waals surface area contributed by atoms with Gasteiger partial charge in [0.15, 0.2) is 5.17 Å². The molecule has 0 spiro atoms. The van der Waals surface area contributed by atoms with Crippen LogP contribution in [-0.4, -0.2) is 17.6 Å². The van der Waals surface area contributed by atoms with Crippen LogP contribution in [0.4, 0.5) is 0 Å². The fourth-order valence-electron chi connectivity index (χ4n) is 1.63. The van der Waals surface area contributed by atoms with Gasteiger partial charge in [-0.3, -0.25) is 9.79 Å². The molecule has 1 amide bonds. The van der Waals surface area contributed by atoms with Gasteiger partial charge in [-0.05, 0) is 18.2 Å². The van der Waals surface area contributed by atoms with Crippen LogP contribution in [0.1, 0.15) is 51.9 Å². The number of aliphatic imine (C=N–C) groups is 1.